The molecule has 74 valence electrons. The molecule has 0 aliphatic heterocycles. The molecule has 0 unspecified atom stereocenters. The number of benzene rings is 1. The Morgan fingerprint density at radius 1 is 1.33 bits per heavy atom. The minimum absolute atomic E-state index is 0.239. The molecule has 0 spiro atoms. The monoisotopic (exact) mass is 262 g/mol. The summed E-state index contributed by atoms with van der Waals surface area (Å²) in [6, 6.07) is 7.59. The molecule has 5 heteroatoms. The van der Waals surface area contributed by atoms with Gasteiger partial charge in [-0.25, -0.2) is 4.85 Å². The van der Waals surface area contributed by atoms with Gasteiger partial charge < -0.3 is 5.73 Å². The number of aromatic nitrogens is 2. The highest BCUT2D eigenvalue weighted by atomic mass is 79.9. The Labute approximate surface area is 95.1 Å². The molecular weight excluding hydrogens is 256 g/mol. The first-order valence-corrected chi connectivity index (χ1v) is 4.99. The van der Waals surface area contributed by atoms with Crippen molar-refractivity contribution in [3.63, 3.8) is 0 Å². The summed E-state index contributed by atoms with van der Waals surface area (Å²) in [5, 5.41) is 6.57. The van der Waals surface area contributed by atoms with E-state index < -0.39 is 0 Å². The fraction of sp³-hybridized carbons (Fsp3) is 0. The fourth-order valence-electron chi connectivity index (χ4n) is 1.28. The van der Waals surface area contributed by atoms with Gasteiger partial charge in [0, 0.05) is 4.47 Å². The van der Waals surface area contributed by atoms with E-state index in [1.54, 1.807) is 0 Å². The Kier molecular flexibility index (Phi) is 2.44. The van der Waals surface area contributed by atoms with Crippen LogP contribution in [0.2, 0.25) is 0 Å². The van der Waals surface area contributed by atoms with Crippen LogP contribution in [0.15, 0.2) is 28.7 Å². The molecule has 1 aromatic heterocycles. The SMILES string of the molecule is [C-]#[N+]c1c(N)n[nH]c1-c1ccc(Br)cc1. The van der Waals surface area contributed by atoms with Crippen LogP contribution >= 0.6 is 15.9 Å². The zero-order valence-corrected chi connectivity index (χ0v) is 9.25. The molecule has 3 N–H and O–H groups in total. The lowest BCUT2D eigenvalue weighted by molar-refractivity contribution is 1.10. The van der Waals surface area contributed by atoms with Crippen molar-refractivity contribution in [2.75, 3.05) is 5.73 Å². The average Bonchev–Trinajstić information content (AvgIpc) is 2.61. The van der Waals surface area contributed by atoms with Crippen LogP contribution in [-0.2, 0) is 0 Å². The Morgan fingerprint density at radius 2 is 2.00 bits per heavy atom. The van der Waals surface area contributed by atoms with Gasteiger partial charge in [0.15, 0.2) is 5.82 Å². The molecule has 0 saturated heterocycles. The van der Waals surface area contributed by atoms with Crippen LogP contribution in [0.25, 0.3) is 16.1 Å². The summed E-state index contributed by atoms with van der Waals surface area (Å²) in [7, 11) is 0. The van der Waals surface area contributed by atoms with Crippen molar-refractivity contribution in [1.29, 1.82) is 0 Å². The van der Waals surface area contributed by atoms with E-state index in [4.69, 9.17) is 12.3 Å². The zero-order chi connectivity index (χ0) is 10.8. The zero-order valence-electron chi connectivity index (χ0n) is 7.66. The minimum Gasteiger partial charge on any atom is -0.391 e. The third kappa shape index (κ3) is 1.72. The first kappa shape index (κ1) is 9.74. The number of aromatic amines is 1. The van der Waals surface area contributed by atoms with Gasteiger partial charge in [-0.1, -0.05) is 28.1 Å². The molecular formula is C10H7BrN4. The van der Waals surface area contributed by atoms with Gasteiger partial charge in [-0.3, -0.25) is 5.10 Å². The number of halogens is 1. The summed E-state index contributed by atoms with van der Waals surface area (Å²) in [5.41, 5.74) is 7.48. The van der Waals surface area contributed by atoms with Crippen LogP contribution < -0.4 is 5.73 Å². The number of nitrogens with two attached hydrogens (primary N) is 1. The molecule has 0 atom stereocenters. The largest absolute Gasteiger partial charge is 0.391 e. The number of rotatable bonds is 1. The van der Waals surface area contributed by atoms with E-state index in [0.717, 1.165) is 10.0 Å². The van der Waals surface area contributed by atoms with E-state index in [-0.39, 0.29) is 5.82 Å². The number of nitrogens with one attached hydrogen (secondary N) is 1. The maximum atomic E-state index is 7.01. The van der Waals surface area contributed by atoms with Crippen molar-refractivity contribution in [3.05, 3.63) is 40.2 Å². The standard InChI is InChI=1S/C10H7BrN4/c1-13-9-8(14-15-10(9)12)6-2-4-7(11)5-3-6/h2-5H,(H3,12,14,15). The molecule has 4 nitrogen and oxygen atoms in total. The number of hydrogen-bond acceptors (Lipinski definition) is 2. The second kappa shape index (κ2) is 3.75. The molecule has 1 heterocycles. The molecule has 0 fully saturated rings. The smallest absolute Gasteiger partial charge is 0.254 e. The highest BCUT2D eigenvalue weighted by Gasteiger charge is 2.11. The number of H-pyrrole nitrogens is 1. The first-order valence-electron chi connectivity index (χ1n) is 4.19. The Morgan fingerprint density at radius 3 is 2.60 bits per heavy atom. The molecule has 0 aliphatic rings. The van der Waals surface area contributed by atoms with Crippen molar-refractivity contribution in [3.8, 4) is 11.3 Å². The summed E-state index contributed by atoms with van der Waals surface area (Å²) in [6.45, 7) is 7.01. The van der Waals surface area contributed by atoms with Gasteiger partial charge in [0.1, 0.15) is 0 Å². The van der Waals surface area contributed by atoms with E-state index >= 15 is 0 Å². The van der Waals surface area contributed by atoms with E-state index in [0.29, 0.717) is 11.4 Å². The average molecular weight is 263 g/mol. The highest BCUT2D eigenvalue weighted by Crippen LogP contribution is 2.33. The number of hydrogen-bond donors (Lipinski definition) is 2. The molecule has 0 radical (unpaired) electrons. The van der Waals surface area contributed by atoms with Crippen molar-refractivity contribution < 1.29 is 0 Å². The van der Waals surface area contributed by atoms with E-state index in [2.05, 4.69) is 31.0 Å². The molecule has 0 aliphatic carbocycles. The summed E-state index contributed by atoms with van der Waals surface area (Å²) in [6.07, 6.45) is 0. The first-order chi connectivity index (χ1) is 7.22. The molecule has 0 amide bonds. The van der Waals surface area contributed by atoms with Crippen LogP contribution in [-0.4, -0.2) is 10.2 Å². The van der Waals surface area contributed by atoms with Crippen molar-refractivity contribution in [2.45, 2.75) is 0 Å². The molecule has 15 heavy (non-hydrogen) atoms. The van der Waals surface area contributed by atoms with Gasteiger partial charge >= 0.3 is 0 Å². The van der Waals surface area contributed by atoms with Crippen LogP contribution in [0.1, 0.15) is 0 Å². The predicted molar refractivity (Wildman–Crippen MR) is 62.4 cm³/mol. The molecule has 0 bridgehead atoms. The van der Waals surface area contributed by atoms with Gasteiger partial charge in [0.2, 0.25) is 0 Å². The molecule has 1 aromatic carbocycles. The van der Waals surface area contributed by atoms with Crippen LogP contribution in [0.3, 0.4) is 0 Å². The second-order valence-electron chi connectivity index (χ2n) is 2.95. The van der Waals surface area contributed by atoms with E-state index in [9.17, 15) is 0 Å². The third-order valence-corrected chi connectivity index (χ3v) is 2.54. The Bertz CT molecular complexity index is 521. The Balaban J connectivity index is 2.55. The molecule has 2 aromatic rings. The minimum atomic E-state index is 0.239. The third-order valence-electron chi connectivity index (χ3n) is 2.01. The lowest BCUT2D eigenvalue weighted by atomic mass is 10.1. The van der Waals surface area contributed by atoms with Crippen molar-refractivity contribution in [1.82, 2.24) is 10.2 Å². The lowest BCUT2D eigenvalue weighted by Gasteiger charge is -1.98. The van der Waals surface area contributed by atoms with Gasteiger partial charge in [0.25, 0.3) is 5.69 Å². The van der Waals surface area contributed by atoms with Crippen molar-refractivity contribution >= 4 is 27.4 Å². The lowest BCUT2D eigenvalue weighted by Crippen LogP contribution is -1.82. The summed E-state index contributed by atoms with van der Waals surface area (Å²) >= 11 is 3.35. The maximum absolute atomic E-state index is 7.01. The number of nitrogens with zero attached hydrogens (tertiary/aromatic N) is 2. The van der Waals surface area contributed by atoms with Crippen LogP contribution in [0, 0.1) is 6.57 Å². The highest BCUT2D eigenvalue weighted by molar-refractivity contribution is 9.10. The van der Waals surface area contributed by atoms with E-state index in [1.165, 1.54) is 0 Å². The summed E-state index contributed by atoms with van der Waals surface area (Å²) in [4.78, 5) is 3.35. The topological polar surface area (TPSA) is 59.1 Å². The summed E-state index contributed by atoms with van der Waals surface area (Å²) in [5.74, 6) is 0.239. The van der Waals surface area contributed by atoms with Crippen molar-refractivity contribution in [2.24, 2.45) is 0 Å². The second-order valence-corrected chi connectivity index (χ2v) is 3.87. The maximum Gasteiger partial charge on any atom is 0.254 e. The van der Waals surface area contributed by atoms with Gasteiger partial charge in [-0.2, -0.15) is 5.10 Å². The predicted octanol–water partition coefficient (Wildman–Crippen LogP) is 2.97. The molecule has 0 saturated carbocycles. The number of anilines is 1. The number of nitrogen functional groups attached to an aromatic ring is 1. The molecule has 2 rings (SSSR count). The fourth-order valence-corrected chi connectivity index (χ4v) is 1.55. The Hall–Kier alpha value is -1.80. The summed E-state index contributed by atoms with van der Waals surface area (Å²) < 4.78 is 0.989. The van der Waals surface area contributed by atoms with Crippen LogP contribution in [0.4, 0.5) is 11.5 Å². The van der Waals surface area contributed by atoms with E-state index in [1.807, 2.05) is 24.3 Å². The van der Waals surface area contributed by atoms with Gasteiger partial charge in [-0.15, -0.1) is 0 Å². The van der Waals surface area contributed by atoms with Gasteiger partial charge in [-0.05, 0) is 17.7 Å². The normalized spacial score (nSPS) is 9.87. The van der Waals surface area contributed by atoms with Gasteiger partial charge in [0.05, 0.1) is 12.3 Å². The quantitative estimate of drug-likeness (QED) is 0.777. The van der Waals surface area contributed by atoms with Crippen LogP contribution in [0.5, 0.6) is 0 Å².